The van der Waals surface area contributed by atoms with Crippen LogP contribution in [0.15, 0.2) is 35.8 Å². The Hall–Kier alpha value is -2.51. The van der Waals surface area contributed by atoms with Crippen molar-refractivity contribution in [2.45, 2.75) is 71.8 Å². The molecule has 35 heavy (non-hydrogen) atoms. The molecule has 6 nitrogen and oxygen atoms in total. The fraction of sp³-hybridized carbons (Fsp3) is 0.536. The molecule has 3 aromatic rings. The third-order valence-corrected chi connectivity index (χ3v) is 7.41. The first-order valence-corrected chi connectivity index (χ1v) is 13.4. The van der Waals surface area contributed by atoms with Crippen LogP contribution in [0, 0.1) is 5.92 Å². The quantitative estimate of drug-likeness (QED) is 0.469. The second kappa shape index (κ2) is 10.2. The molecule has 1 saturated heterocycles. The maximum Gasteiger partial charge on any atom is 0.226 e. The summed E-state index contributed by atoms with van der Waals surface area (Å²) >= 11 is 1.57. The number of thiazole rings is 1. The van der Waals surface area contributed by atoms with Gasteiger partial charge in [0.05, 0.1) is 35.1 Å². The van der Waals surface area contributed by atoms with Crippen LogP contribution >= 0.6 is 11.3 Å². The van der Waals surface area contributed by atoms with E-state index in [1.54, 1.807) is 11.3 Å². The second-order valence-electron chi connectivity index (χ2n) is 11.5. The van der Waals surface area contributed by atoms with Crippen LogP contribution < -0.4 is 5.32 Å². The number of carbonyl (C=O) groups excluding carboxylic acids is 1. The van der Waals surface area contributed by atoms with E-state index < -0.39 is 0 Å². The summed E-state index contributed by atoms with van der Waals surface area (Å²) < 4.78 is 7.48. The molecule has 188 valence electrons. The molecule has 0 unspecified atom stereocenters. The highest BCUT2D eigenvalue weighted by Gasteiger charge is 2.25. The molecular weight excluding hydrogens is 456 g/mol. The highest BCUT2D eigenvalue weighted by atomic mass is 32.1. The minimum atomic E-state index is -0.180. The summed E-state index contributed by atoms with van der Waals surface area (Å²) in [5, 5.41) is 10.7. The van der Waals surface area contributed by atoms with E-state index in [1.165, 1.54) is 5.56 Å². The number of benzene rings is 1. The summed E-state index contributed by atoms with van der Waals surface area (Å²) in [6.07, 6.45) is 4.23. The maximum atomic E-state index is 12.5. The number of hydrogen-bond donors (Lipinski definition) is 1. The molecule has 3 heterocycles. The minimum absolute atomic E-state index is 0.0247. The molecule has 7 heteroatoms. The lowest BCUT2D eigenvalue weighted by atomic mass is 9.86. The van der Waals surface area contributed by atoms with E-state index in [0.717, 1.165) is 53.6 Å². The highest BCUT2D eigenvalue weighted by molar-refractivity contribution is 7.13. The zero-order valence-corrected chi connectivity index (χ0v) is 22.7. The van der Waals surface area contributed by atoms with Gasteiger partial charge in [-0.1, -0.05) is 45.0 Å². The smallest absolute Gasteiger partial charge is 0.226 e. The number of nitrogens with one attached hydrogen (secondary N) is 1. The van der Waals surface area contributed by atoms with Gasteiger partial charge < -0.3 is 10.1 Å². The van der Waals surface area contributed by atoms with Crippen LogP contribution in [0.5, 0.6) is 0 Å². The van der Waals surface area contributed by atoms with Crippen LogP contribution in [0.4, 0.5) is 0 Å². The molecule has 1 aliphatic rings. The van der Waals surface area contributed by atoms with Crippen molar-refractivity contribution in [3.05, 3.63) is 47.1 Å². The number of aromatic nitrogens is 3. The summed E-state index contributed by atoms with van der Waals surface area (Å²) in [7, 11) is 0. The molecule has 0 aliphatic carbocycles. The van der Waals surface area contributed by atoms with Gasteiger partial charge in [0.15, 0.2) is 0 Å². The van der Waals surface area contributed by atoms with E-state index in [0.29, 0.717) is 18.9 Å². The molecule has 1 aromatic carbocycles. The van der Waals surface area contributed by atoms with Crippen molar-refractivity contribution >= 4 is 17.2 Å². The lowest BCUT2D eigenvalue weighted by molar-refractivity contribution is -0.120. The largest absolute Gasteiger partial charge is 0.381 e. The van der Waals surface area contributed by atoms with E-state index in [2.05, 4.69) is 75.8 Å². The van der Waals surface area contributed by atoms with Crippen LogP contribution in [-0.2, 0) is 26.9 Å². The first-order chi connectivity index (χ1) is 16.5. The SMILES string of the molecule is CC(C)(C)c1ccc(-c2c(-c3nc(CC(=O)NCC4CCOCC4)cs3)cnn2C(C)(C)C)cc1. The minimum Gasteiger partial charge on any atom is -0.381 e. The topological polar surface area (TPSA) is 69.0 Å². The number of nitrogens with zero attached hydrogens (tertiary/aromatic N) is 3. The Bertz CT molecular complexity index is 1140. The molecule has 1 fully saturated rings. The number of rotatable bonds is 6. The summed E-state index contributed by atoms with van der Waals surface area (Å²) in [6.45, 7) is 15.5. The summed E-state index contributed by atoms with van der Waals surface area (Å²) in [5.74, 6) is 0.533. The molecule has 1 amide bonds. The van der Waals surface area contributed by atoms with Crippen molar-refractivity contribution in [1.29, 1.82) is 0 Å². The van der Waals surface area contributed by atoms with Gasteiger partial charge in [-0.25, -0.2) is 4.98 Å². The van der Waals surface area contributed by atoms with E-state index in [4.69, 9.17) is 14.8 Å². The van der Waals surface area contributed by atoms with Crippen molar-refractivity contribution < 1.29 is 9.53 Å². The van der Waals surface area contributed by atoms with E-state index in [1.807, 2.05) is 11.6 Å². The first kappa shape index (κ1) is 25.6. The average molecular weight is 495 g/mol. The number of carbonyl (C=O) groups is 1. The molecule has 0 spiro atoms. The molecule has 0 radical (unpaired) electrons. The van der Waals surface area contributed by atoms with Crippen molar-refractivity contribution in [2.75, 3.05) is 19.8 Å². The third kappa shape index (κ3) is 6.19. The number of ether oxygens (including phenoxy) is 1. The average Bonchev–Trinajstić information content (AvgIpc) is 3.45. The molecule has 0 bridgehead atoms. The van der Waals surface area contributed by atoms with Crippen LogP contribution in [0.2, 0.25) is 0 Å². The van der Waals surface area contributed by atoms with Crippen molar-refractivity contribution in [3.63, 3.8) is 0 Å². The Kier molecular flexibility index (Phi) is 7.48. The van der Waals surface area contributed by atoms with Crippen LogP contribution in [0.3, 0.4) is 0 Å². The van der Waals surface area contributed by atoms with Gasteiger partial charge >= 0.3 is 0 Å². The Morgan fingerprint density at radius 3 is 2.43 bits per heavy atom. The number of hydrogen-bond acceptors (Lipinski definition) is 5. The van der Waals surface area contributed by atoms with Crippen LogP contribution in [0.25, 0.3) is 21.8 Å². The van der Waals surface area contributed by atoms with Gasteiger partial charge in [0.1, 0.15) is 5.01 Å². The van der Waals surface area contributed by atoms with Crippen LogP contribution in [0.1, 0.15) is 65.6 Å². The Balaban J connectivity index is 1.55. The van der Waals surface area contributed by atoms with E-state index in [-0.39, 0.29) is 16.9 Å². The molecule has 4 rings (SSSR count). The monoisotopic (exact) mass is 494 g/mol. The van der Waals surface area contributed by atoms with Gasteiger partial charge in [-0.3, -0.25) is 9.48 Å². The lowest BCUT2D eigenvalue weighted by Gasteiger charge is -2.24. The van der Waals surface area contributed by atoms with E-state index >= 15 is 0 Å². The predicted molar refractivity (Wildman–Crippen MR) is 143 cm³/mol. The second-order valence-corrected chi connectivity index (χ2v) is 12.4. The van der Waals surface area contributed by atoms with Gasteiger partial charge in [-0.15, -0.1) is 11.3 Å². The highest BCUT2D eigenvalue weighted by Crippen LogP contribution is 2.37. The van der Waals surface area contributed by atoms with Gasteiger partial charge in [0.25, 0.3) is 0 Å². The van der Waals surface area contributed by atoms with Gasteiger partial charge in [0, 0.05) is 30.7 Å². The van der Waals surface area contributed by atoms with Crippen LogP contribution in [-0.4, -0.2) is 40.4 Å². The normalized spacial score (nSPS) is 15.4. The van der Waals surface area contributed by atoms with E-state index in [9.17, 15) is 4.79 Å². The molecule has 1 N–H and O–H groups in total. The molecule has 0 atom stereocenters. The Morgan fingerprint density at radius 2 is 1.80 bits per heavy atom. The van der Waals surface area contributed by atoms with Crippen molar-refractivity contribution in [3.8, 4) is 21.8 Å². The fourth-order valence-corrected chi connectivity index (χ4v) is 5.20. The van der Waals surface area contributed by atoms with Crippen molar-refractivity contribution in [1.82, 2.24) is 20.1 Å². The summed E-state index contributed by atoms with van der Waals surface area (Å²) in [6, 6.07) is 8.77. The molecular formula is C28H38N4O2S. The van der Waals surface area contributed by atoms with Gasteiger partial charge in [0.2, 0.25) is 5.91 Å². The third-order valence-electron chi connectivity index (χ3n) is 6.48. The van der Waals surface area contributed by atoms with Crippen molar-refractivity contribution in [2.24, 2.45) is 5.92 Å². The summed E-state index contributed by atoms with van der Waals surface area (Å²) in [4.78, 5) is 17.4. The maximum absolute atomic E-state index is 12.5. The lowest BCUT2D eigenvalue weighted by Crippen LogP contribution is -2.33. The van der Waals surface area contributed by atoms with Gasteiger partial charge in [-0.05, 0) is 50.5 Å². The zero-order valence-electron chi connectivity index (χ0n) is 21.9. The number of amides is 1. The molecule has 0 saturated carbocycles. The first-order valence-electron chi connectivity index (χ1n) is 12.5. The van der Waals surface area contributed by atoms with Gasteiger partial charge in [-0.2, -0.15) is 5.10 Å². The molecule has 1 aliphatic heterocycles. The Labute approximate surface area is 213 Å². The summed E-state index contributed by atoms with van der Waals surface area (Å²) in [5.41, 5.74) is 5.19. The fourth-order valence-electron chi connectivity index (χ4n) is 4.37. The Morgan fingerprint density at radius 1 is 1.11 bits per heavy atom. The predicted octanol–water partition coefficient (Wildman–Crippen LogP) is 5.81. The molecule has 2 aromatic heterocycles. The standard InChI is InChI=1S/C28H38N4O2S/c1-27(2,3)21-9-7-20(8-10-21)25-23(17-30-32(25)28(4,5)6)26-31-22(18-35-26)15-24(33)29-16-19-11-13-34-14-12-19/h7-10,17-19H,11-16H2,1-6H3,(H,29,33). The zero-order chi connectivity index (χ0) is 25.2.